The average molecular weight is 247 g/mol. The molecule has 0 spiro atoms. The van der Waals surface area contributed by atoms with E-state index in [2.05, 4.69) is 10.1 Å². The van der Waals surface area contributed by atoms with Gasteiger partial charge in [0.25, 0.3) is 0 Å². The lowest BCUT2D eigenvalue weighted by atomic mass is 9.88. The molecular weight excluding hydrogens is 230 g/mol. The van der Waals surface area contributed by atoms with Crippen LogP contribution in [0, 0.1) is 5.92 Å². The number of hydrogen-bond donors (Lipinski definition) is 3. The lowest BCUT2D eigenvalue weighted by molar-refractivity contribution is -0.177. The molecule has 0 aliphatic carbocycles. The van der Waals surface area contributed by atoms with Crippen molar-refractivity contribution in [3.63, 3.8) is 0 Å². The van der Waals surface area contributed by atoms with Gasteiger partial charge in [-0.2, -0.15) is 0 Å². The van der Waals surface area contributed by atoms with Crippen molar-refractivity contribution in [2.24, 2.45) is 5.92 Å². The van der Waals surface area contributed by atoms with Gasteiger partial charge in [-0.1, -0.05) is 0 Å². The van der Waals surface area contributed by atoms with E-state index < -0.39 is 24.4 Å². The van der Waals surface area contributed by atoms with Gasteiger partial charge in [-0.15, -0.1) is 0 Å². The molecule has 0 radical (unpaired) electrons. The summed E-state index contributed by atoms with van der Waals surface area (Å²) in [5, 5.41) is 20.7. The minimum atomic E-state index is -1.15. The van der Waals surface area contributed by atoms with Crippen LogP contribution < -0.4 is 5.32 Å². The van der Waals surface area contributed by atoms with Crippen molar-refractivity contribution < 1.29 is 29.3 Å². The first-order chi connectivity index (χ1) is 7.93. The van der Waals surface area contributed by atoms with E-state index in [1.54, 1.807) is 6.92 Å². The second-order valence-electron chi connectivity index (χ2n) is 4.08. The zero-order chi connectivity index (χ0) is 13.0. The third-order valence-corrected chi connectivity index (χ3v) is 2.72. The molecule has 1 fully saturated rings. The first kappa shape index (κ1) is 13.7. The van der Waals surface area contributed by atoms with Gasteiger partial charge in [-0.05, 0) is 19.3 Å². The Labute approximate surface area is 98.7 Å². The minimum Gasteiger partial charge on any atom is -0.480 e. The first-order valence-corrected chi connectivity index (χ1v) is 5.34. The number of rotatable bonds is 3. The third kappa shape index (κ3) is 3.86. The molecule has 7 nitrogen and oxygen atoms in total. The highest BCUT2D eigenvalue weighted by atomic mass is 16.6. The van der Waals surface area contributed by atoms with Crippen LogP contribution in [0.1, 0.15) is 19.8 Å². The number of alkyl carbamates (subject to hydrolysis) is 1. The summed E-state index contributed by atoms with van der Waals surface area (Å²) in [6.07, 6.45) is -1.41. The zero-order valence-corrected chi connectivity index (χ0v) is 9.75. The molecule has 98 valence electrons. The van der Waals surface area contributed by atoms with E-state index in [1.165, 1.54) is 0 Å². The number of aliphatic hydroxyl groups excluding tert-OH is 1. The molecule has 0 unspecified atom stereocenters. The molecule has 0 bridgehead atoms. The monoisotopic (exact) mass is 247 g/mol. The Morgan fingerprint density at radius 3 is 2.59 bits per heavy atom. The summed E-state index contributed by atoms with van der Waals surface area (Å²) < 4.78 is 9.46. The number of ether oxygens (including phenoxy) is 2. The highest BCUT2D eigenvalue weighted by Crippen LogP contribution is 2.26. The molecule has 17 heavy (non-hydrogen) atoms. The van der Waals surface area contributed by atoms with Gasteiger partial charge in [-0.3, -0.25) is 0 Å². The molecule has 1 heterocycles. The Balaban J connectivity index is 2.69. The first-order valence-electron chi connectivity index (χ1n) is 5.34. The number of hydrogen-bond acceptors (Lipinski definition) is 5. The fraction of sp³-hybridized carbons (Fsp3) is 0.800. The van der Waals surface area contributed by atoms with E-state index in [-0.39, 0.29) is 18.4 Å². The molecule has 1 aliphatic rings. The zero-order valence-electron chi connectivity index (χ0n) is 9.75. The summed E-state index contributed by atoms with van der Waals surface area (Å²) in [5.41, 5.74) is 0. The molecule has 0 aromatic heterocycles. The van der Waals surface area contributed by atoms with Crippen LogP contribution >= 0.6 is 0 Å². The van der Waals surface area contributed by atoms with Gasteiger partial charge in [0.15, 0.2) is 6.29 Å². The van der Waals surface area contributed by atoms with E-state index in [9.17, 15) is 14.7 Å². The quantitative estimate of drug-likeness (QED) is 0.644. The predicted octanol–water partition coefficient (Wildman–Crippen LogP) is -0.0709. The molecule has 4 atom stereocenters. The van der Waals surface area contributed by atoms with Crippen LogP contribution in [0.25, 0.3) is 0 Å². The number of methoxy groups -OCH3 is 1. The fourth-order valence-corrected chi connectivity index (χ4v) is 2.00. The molecule has 3 N–H and O–H groups in total. The topological polar surface area (TPSA) is 105 Å². The molecule has 0 saturated carbocycles. The maximum atomic E-state index is 11.1. The van der Waals surface area contributed by atoms with Crippen LogP contribution in [0.15, 0.2) is 0 Å². The number of carbonyl (C=O) groups excluding carboxylic acids is 1. The maximum Gasteiger partial charge on any atom is 0.407 e. The molecule has 1 amide bonds. The molecular formula is C10H17NO6. The summed E-state index contributed by atoms with van der Waals surface area (Å²) in [5.74, 6) is -1.54. The number of aliphatic carboxylic acids is 1. The van der Waals surface area contributed by atoms with E-state index in [4.69, 9.17) is 9.84 Å². The fourth-order valence-electron chi connectivity index (χ4n) is 2.00. The largest absolute Gasteiger partial charge is 0.480 e. The maximum absolute atomic E-state index is 11.1. The summed E-state index contributed by atoms with van der Waals surface area (Å²) in [7, 11) is 1.16. The normalized spacial score (nSPS) is 30.4. The second-order valence-corrected chi connectivity index (χ2v) is 4.08. The van der Waals surface area contributed by atoms with Gasteiger partial charge in [0.2, 0.25) is 0 Å². The molecule has 0 aromatic carbocycles. The standard InChI is InChI=1S/C10H17NO6/c1-5-3-6(4-7(12)17-5)8(9(13)14)11-10(15)16-2/h5-8,12H,3-4H2,1-2H3,(H,11,15)(H,13,14)/t5-,6-,7+,8-/m0/s1. The second kappa shape index (κ2) is 5.83. The summed E-state index contributed by atoms with van der Waals surface area (Å²) >= 11 is 0. The van der Waals surface area contributed by atoms with Gasteiger partial charge >= 0.3 is 12.1 Å². The van der Waals surface area contributed by atoms with E-state index >= 15 is 0 Å². The number of carbonyl (C=O) groups is 2. The third-order valence-electron chi connectivity index (χ3n) is 2.72. The van der Waals surface area contributed by atoms with Gasteiger partial charge in [0.1, 0.15) is 6.04 Å². The SMILES string of the molecule is COC(=O)N[C@H](C(=O)O)[C@H]1C[C@H](C)O[C@@H](O)C1. The summed E-state index contributed by atoms with van der Waals surface area (Å²) in [4.78, 5) is 22.1. The van der Waals surface area contributed by atoms with Crippen LogP contribution in [0.5, 0.6) is 0 Å². The van der Waals surface area contributed by atoms with Crippen molar-refractivity contribution in [1.29, 1.82) is 0 Å². The van der Waals surface area contributed by atoms with Crippen LogP contribution in [0.3, 0.4) is 0 Å². The number of carboxylic acid groups (broad SMARTS) is 1. The van der Waals surface area contributed by atoms with Crippen LogP contribution in [0.2, 0.25) is 0 Å². The summed E-state index contributed by atoms with van der Waals surface area (Å²) in [6.45, 7) is 1.74. The lowest BCUT2D eigenvalue weighted by Crippen LogP contribution is -2.49. The van der Waals surface area contributed by atoms with Crippen molar-refractivity contribution >= 4 is 12.1 Å². The Morgan fingerprint density at radius 2 is 2.12 bits per heavy atom. The van der Waals surface area contributed by atoms with Crippen LogP contribution in [-0.4, -0.2) is 47.8 Å². The molecule has 0 aromatic rings. The van der Waals surface area contributed by atoms with Crippen molar-refractivity contribution in [2.45, 2.75) is 38.2 Å². The van der Waals surface area contributed by atoms with Gasteiger partial charge in [-0.25, -0.2) is 9.59 Å². The van der Waals surface area contributed by atoms with Gasteiger partial charge < -0.3 is 25.0 Å². The Bertz CT molecular complexity index is 285. The Hall–Kier alpha value is -1.34. The van der Waals surface area contributed by atoms with Gasteiger partial charge in [0.05, 0.1) is 13.2 Å². The van der Waals surface area contributed by atoms with Crippen LogP contribution in [0.4, 0.5) is 4.79 Å². The molecule has 7 heteroatoms. The Morgan fingerprint density at radius 1 is 1.47 bits per heavy atom. The molecule has 1 saturated heterocycles. The smallest absolute Gasteiger partial charge is 0.407 e. The van der Waals surface area contributed by atoms with E-state index in [0.29, 0.717) is 6.42 Å². The van der Waals surface area contributed by atoms with E-state index in [1.807, 2.05) is 0 Å². The average Bonchev–Trinajstić information content (AvgIpc) is 2.23. The molecule has 1 aliphatic heterocycles. The van der Waals surface area contributed by atoms with Crippen molar-refractivity contribution in [1.82, 2.24) is 5.32 Å². The van der Waals surface area contributed by atoms with Crippen molar-refractivity contribution in [2.75, 3.05) is 7.11 Å². The lowest BCUT2D eigenvalue weighted by Gasteiger charge is -2.34. The number of amides is 1. The highest BCUT2D eigenvalue weighted by Gasteiger charge is 2.36. The number of nitrogens with one attached hydrogen (secondary N) is 1. The van der Waals surface area contributed by atoms with Gasteiger partial charge in [0, 0.05) is 6.42 Å². The van der Waals surface area contributed by atoms with Crippen LogP contribution in [-0.2, 0) is 14.3 Å². The number of carboxylic acids is 1. The van der Waals surface area contributed by atoms with E-state index in [0.717, 1.165) is 7.11 Å². The predicted molar refractivity (Wildman–Crippen MR) is 56.2 cm³/mol. The van der Waals surface area contributed by atoms with Crippen molar-refractivity contribution in [3.8, 4) is 0 Å². The number of aliphatic hydroxyl groups is 1. The summed E-state index contributed by atoms with van der Waals surface area (Å²) in [6, 6.07) is -1.08. The minimum absolute atomic E-state index is 0.172. The Kier molecular flexibility index (Phi) is 4.71. The van der Waals surface area contributed by atoms with Crippen molar-refractivity contribution in [3.05, 3.63) is 0 Å². The highest BCUT2D eigenvalue weighted by molar-refractivity contribution is 5.80. The molecule has 1 rings (SSSR count).